The van der Waals surface area contributed by atoms with E-state index in [2.05, 4.69) is 10.6 Å². The summed E-state index contributed by atoms with van der Waals surface area (Å²) in [5, 5.41) is 5.86. The first-order valence-corrected chi connectivity index (χ1v) is 5.22. The fraction of sp³-hybridized carbons (Fsp3) is 0.857. The van der Waals surface area contributed by atoms with Crippen molar-refractivity contribution in [2.45, 2.75) is 22.7 Å². The van der Waals surface area contributed by atoms with E-state index in [9.17, 15) is 4.79 Å². The number of carbonyl (C=O) groups excluding carboxylic acids is 1. The molecular formula is C7H12Cl4N2O. The highest BCUT2D eigenvalue weighted by Crippen LogP contribution is 2.26. The Kier molecular flexibility index (Phi) is 6.50. The van der Waals surface area contributed by atoms with Crippen molar-refractivity contribution in [3.05, 3.63) is 0 Å². The van der Waals surface area contributed by atoms with Crippen LogP contribution < -0.4 is 10.6 Å². The highest BCUT2D eigenvalue weighted by atomic mass is 35.6. The van der Waals surface area contributed by atoms with E-state index in [1.54, 1.807) is 0 Å². The Morgan fingerprint density at radius 1 is 1.29 bits per heavy atom. The average Bonchev–Trinajstić information content (AvgIpc) is 2.04. The van der Waals surface area contributed by atoms with Crippen LogP contribution in [0.3, 0.4) is 0 Å². The highest BCUT2D eigenvalue weighted by Gasteiger charge is 2.32. The molecule has 0 aromatic heterocycles. The Labute approximate surface area is 104 Å². The largest absolute Gasteiger partial charge is 0.350 e. The molecule has 3 nitrogen and oxygen atoms in total. The Morgan fingerprint density at radius 3 is 2.21 bits per heavy atom. The van der Waals surface area contributed by atoms with Crippen LogP contribution in [0.25, 0.3) is 0 Å². The van der Waals surface area contributed by atoms with Crippen molar-refractivity contribution in [3.8, 4) is 0 Å². The lowest BCUT2D eigenvalue weighted by Crippen LogP contribution is -2.46. The zero-order chi connectivity index (χ0) is 9.90. The van der Waals surface area contributed by atoms with Crippen molar-refractivity contribution >= 4 is 53.1 Å². The summed E-state index contributed by atoms with van der Waals surface area (Å²) in [6.07, 6.45) is 1.76. The van der Waals surface area contributed by atoms with Gasteiger partial charge in [-0.15, -0.1) is 12.4 Å². The number of alkyl halides is 3. The second-order valence-electron chi connectivity index (χ2n) is 3.00. The van der Waals surface area contributed by atoms with E-state index in [4.69, 9.17) is 34.8 Å². The van der Waals surface area contributed by atoms with Gasteiger partial charge >= 0.3 is 0 Å². The van der Waals surface area contributed by atoms with Crippen LogP contribution in [0.2, 0.25) is 0 Å². The van der Waals surface area contributed by atoms with Gasteiger partial charge in [-0.2, -0.15) is 0 Å². The third-order valence-corrected chi connectivity index (χ3v) is 2.45. The van der Waals surface area contributed by atoms with Crippen LogP contribution in [0.5, 0.6) is 0 Å². The van der Waals surface area contributed by atoms with E-state index in [1.165, 1.54) is 0 Å². The predicted molar refractivity (Wildman–Crippen MR) is 61.6 cm³/mol. The summed E-state index contributed by atoms with van der Waals surface area (Å²) in [6.45, 7) is 1.79. The summed E-state index contributed by atoms with van der Waals surface area (Å²) in [7, 11) is 0. The van der Waals surface area contributed by atoms with Crippen LogP contribution >= 0.6 is 47.2 Å². The highest BCUT2D eigenvalue weighted by molar-refractivity contribution is 6.76. The molecule has 0 atom stereocenters. The molecule has 1 aliphatic heterocycles. The molecule has 0 aliphatic carbocycles. The summed E-state index contributed by atoms with van der Waals surface area (Å²) in [4.78, 5) is 11.2. The zero-order valence-electron chi connectivity index (χ0n) is 7.36. The fourth-order valence-electron chi connectivity index (χ4n) is 1.23. The number of hydrogen-bond donors (Lipinski definition) is 2. The van der Waals surface area contributed by atoms with E-state index in [-0.39, 0.29) is 18.4 Å². The van der Waals surface area contributed by atoms with Crippen LogP contribution in [0, 0.1) is 0 Å². The molecule has 1 saturated heterocycles. The van der Waals surface area contributed by atoms with Gasteiger partial charge in [-0.25, -0.2) is 0 Å². The van der Waals surface area contributed by atoms with Gasteiger partial charge in [-0.3, -0.25) is 4.79 Å². The molecular weight excluding hydrogens is 270 g/mol. The molecule has 7 heteroatoms. The molecule has 2 N–H and O–H groups in total. The third kappa shape index (κ3) is 4.89. The molecule has 0 spiro atoms. The molecule has 1 aliphatic rings. The van der Waals surface area contributed by atoms with Gasteiger partial charge in [0, 0.05) is 6.04 Å². The quantitative estimate of drug-likeness (QED) is 0.718. The molecule has 1 heterocycles. The summed E-state index contributed by atoms with van der Waals surface area (Å²) >= 11 is 16.2. The predicted octanol–water partition coefficient (Wildman–Crippen LogP) is 1.65. The van der Waals surface area contributed by atoms with Crippen LogP contribution in [0.1, 0.15) is 12.8 Å². The monoisotopic (exact) mass is 280 g/mol. The Morgan fingerprint density at radius 2 is 1.79 bits per heavy atom. The Balaban J connectivity index is 0.00000169. The number of carbonyl (C=O) groups is 1. The summed E-state index contributed by atoms with van der Waals surface area (Å²) in [5.41, 5.74) is 0. The lowest BCUT2D eigenvalue weighted by molar-refractivity contribution is -0.121. The maximum absolute atomic E-state index is 11.2. The second kappa shape index (κ2) is 6.23. The van der Waals surface area contributed by atoms with E-state index in [0.29, 0.717) is 0 Å². The average molecular weight is 282 g/mol. The van der Waals surface area contributed by atoms with Crippen LogP contribution in [-0.2, 0) is 4.79 Å². The first-order chi connectivity index (χ1) is 6.00. The molecule has 1 fully saturated rings. The van der Waals surface area contributed by atoms with E-state index < -0.39 is 9.70 Å². The standard InChI is InChI=1S/C7H11Cl3N2O.ClH/c8-7(9,10)6(13)12-5-1-3-11-4-2-5;/h5,11H,1-4H2,(H,12,13);1H. The molecule has 0 radical (unpaired) electrons. The summed E-state index contributed by atoms with van der Waals surface area (Å²) in [6, 6.07) is 0.129. The molecule has 84 valence electrons. The van der Waals surface area contributed by atoms with Crippen LogP contribution in [0.4, 0.5) is 0 Å². The molecule has 14 heavy (non-hydrogen) atoms. The van der Waals surface area contributed by atoms with Gasteiger partial charge in [0.25, 0.3) is 9.70 Å². The second-order valence-corrected chi connectivity index (χ2v) is 5.28. The smallest absolute Gasteiger partial charge is 0.272 e. The number of rotatable bonds is 1. The van der Waals surface area contributed by atoms with Crippen molar-refractivity contribution in [2.24, 2.45) is 0 Å². The topological polar surface area (TPSA) is 41.1 Å². The van der Waals surface area contributed by atoms with Crippen LogP contribution in [-0.4, -0.2) is 28.8 Å². The van der Waals surface area contributed by atoms with Gasteiger partial charge in [0.05, 0.1) is 0 Å². The number of hydrogen-bond acceptors (Lipinski definition) is 2. The molecule has 0 bridgehead atoms. The first-order valence-electron chi connectivity index (χ1n) is 4.08. The molecule has 0 saturated carbocycles. The summed E-state index contributed by atoms with van der Waals surface area (Å²) < 4.78 is -1.84. The maximum atomic E-state index is 11.2. The minimum Gasteiger partial charge on any atom is -0.350 e. The molecule has 1 rings (SSSR count). The van der Waals surface area contributed by atoms with Crippen molar-refractivity contribution in [1.82, 2.24) is 10.6 Å². The van der Waals surface area contributed by atoms with Crippen molar-refractivity contribution in [3.63, 3.8) is 0 Å². The number of nitrogens with one attached hydrogen (secondary N) is 2. The Hall–Kier alpha value is 0.590. The SMILES string of the molecule is Cl.O=C(NC1CCNCC1)C(Cl)(Cl)Cl. The van der Waals surface area contributed by atoms with Gasteiger partial charge in [0.15, 0.2) is 0 Å². The zero-order valence-corrected chi connectivity index (χ0v) is 10.4. The maximum Gasteiger partial charge on any atom is 0.272 e. The molecule has 0 aromatic carbocycles. The lowest BCUT2D eigenvalue weighted by Gasteiger charge is -2.25. The number of piperidine rings is 1. The summed E-state index contributed by atoms with van der Waals surface area (Å²) in [5.74, 6) is -0.538. The number of halogens is 4. The number of amides is 1. The van der Waals surface area contributed by atoms with Gasteiger partial charge in [0.1, 0.15) is 0 Å². The van der Waals surface area contributed by atoms with E-state index in [0.717, 1.165) is 25.9 Å². The van der Waals surface area contributed by atoms with Gasteiger partial charge in [-0.05, 0) is 25.9 Å². The molecule has 0 aromatic rings. The first kappa shape index (κ1) is 14.6. The third-order valence-electron chi connectivity index (χ3n) is 1.93. The van der Waals surface area contributed by atoms with Gasteiger partial charge in [0.2, 0.25) is 0 Å². The molecule has 0 unspecified atom stereocenters. The fourth-order valence-corrected chi connectivity index (χ4v) is 1.40. The molecule has 1 amide bonds. The van der Waals surface area contributed by atoms with Gasteiger partial charge in [-0.1, -0.05) is 34.8 Å². The van der Waals surface area contributed by atoms with E-state index >= 15 is 0 Å². The minimum absolute atomic E-state index is 0. The van der Waals surface area contributed by atoms with Crippen molar-refractivity contribution in [2.75, 3.05) is 13.1 Å². The normalized spacial score (nSPS) is 18.5. The minimum atomic E-state index is -1.84. The van der Waals surface area contributed by atoms with Gasteiger partial charge < -0.3 is 10.6 Å². The van der Waals surface area contributed by atoms with Crippen molar-refractivity contribution < 1.29 is 4.79 Å². The van der Waals surface area contributed by atoms with Crippen molar-refractivity contribution in [1.29, 1.82) is 0 Å². The Bertz CT molecular complexity index is 189. The van der Waals surface area contributed by atoms with E-state index in [1.807, 2.05) is 0 Å². The lowest BCUT2D eigenvalue weighted by atomic mass is 10.1. The van der Waals surface area contributed by atoms with Crippen LogP contribution in [0.15, 0.2) is 0 Å².